The fourth-order valence-corrected chi connectivity index (χ4v) is 3.59. The zero-order valence-corrected chi connectivity index (χ0v) is 16.7. The van der Waals surface area contributed by atoms with Gasteiger partial charge < -0.3 is 10.2 Å². The van der Waals surface area contributed by atoms with Crippen molar-refractivity contribution in [3.63, 3.8) is 0 Å². The number of aromatic nitrogens is 1. The van der Waals surface area contributed by atoms with E-state index in [-0.39, 0.29) is 29.4 Å². The Balaban J connectivity index is 1.61. The summed E-state index contributed by atoms with van der Waals surface area (Å²) in [5.74, 6) is 0.629. The Morgan fingerprint density at radius 2 is 1.86 bits per heavy atom. The molecule has 2 heterocycles. The number of hydrogen-bond acceptors (Lipinski definition) is 6. The predicted octanol–water partition coefficient (Wildman–Crippen LogP) is 3.38. The van der Waals surface area contributed by atoms with Crippen molar-refractivity contribution in [3.05, 3.63) is 53.7 Å². The minimum Gasteiger partial charge on any atom is -0.357 e. The van der Waals surface area contributed by atoms with Crippen molar-refractivity contribution in [2.45, 2.75) is 20.4 Å². The maximum Gasteiger partial charge on any atom is 0.289 e. The molecule has 7 nitrogen and oxygen atoms in total. The Hall–Kier alpha value is -2.87. The van der Waals surface area contributed by atoms with E-state index in [4.69, 9.17) is 0 Å². The highest BCUT2D eigenvalue weighted by Crippen LogP contribution is 2.22. The summed E-state index contributed by atoms with van der Waals surface area (Å²) in [6, 6.07) is 10.7. The van der Waals surface area contributed by atoms with E-state index in [0.29, 0.717) is 11.3 Å². The molecular formula is C20H22N4O3S. The number of hydrogen-bond donors (Lipinski definition) is 1. The lowest BCUT2D eigenvalue weighted by Gasteiger charge is -2.19. The lowest BCUT2D eigenvalue weighted by Crippen LogP contribution is -2.27. The molecule has 28 heavy (non-hydrogen) atoms. The number of amides is 3. The molecule has 1 fully saturated rings. The third kappa shape index (κ3) is 4.51. The van der Waals surface area contributed by atoms with E-state index in [1.54, 1.807) is 36.5 Å². The van der Waals surface area contributed by atoms with E-state index in [1.807, 2.05) is 6.07 Å². The topological polar surface area (TPSA) is 82.6 Å². The number of imide groups is 1. The standard InChI is InChI=1S/C20H22N4O3S/c1-3-23(4-2)17-10-7-15(11-21-17)19(26)22-16-8-5-14(6-9-16)12-24-18(25)13-28-20(24)27/h5-11H,3-4,12-13H2,1-2H3,(H,22,26). The third-order valence-electron chi connectivity index (χ3n) is 4.49. The van der Waals surface area contributed by atoms with Gasteiger partial charge in [-0.25, -0.2) is 4.98 Å². The number of thioether (sulfide) groups is 1. The summed E-state index contributed by atoms with van der Waals surface area (Å²) in [5, 5.41) is 2.61. The number of nitrogens with one attached hydrogen (secondary N) is 1. The Labute approximate surface area is 168 Å². The van der Waals surface area contributed by atoms with Gasteiger partial charge in [0.1, 0.15) is 5.82 Å². The highest BCUT2D eigenvalue weighted by molar-refractivity contribution is 8.14. The van der Waals surface area contributed by atoms with Gasteiger partial charge in [0.25, 0.3) is 11.1 Å². The van der Waals surface area contributed by atoms with E-state index in [2.05, 4.69) is 29.0 Å². The first-order chi connectivity index (χ1) is 13.5. The van der Waals surface area contributed by atoms with Gasteiger partial charge in [0.05, 0.1) is 17.9 Å². The maximum atomic E-state index is 12.4. The average molecular weight is 398 g/mol. The second-order valence-electron chi connectivity index (χ2n) is 6.26. The Morgan fingerprint density at radius 1 is 1.14 bits per heavy atom. The molecule has 1 aromatic carbocycles. The monoisotopic (exact) mass is 398 g/mol. The molecule has 1 saturated heterocycles. The van der Waals surface area contributed by atoms with Crippen molar-refractivity contribution < 1.29 is 14.4 Å². The number of carbonyl (C=O) groups is 3. The van der Waals surface area contributed by atoms with Crippen LogP contribution in [0.5, 0.6) is 0 Å². The van der Waals surface area contributed by atoms with Crippen molar-refractivity contribution in [1.29, 1.82) is 0 Å². The van der Waals surface area contributed by atoms with Crippen LogP contribution in [0.4, 0.5) is 16.3 Å². The van der Waals surface area contributed by atoms with E-state index in [1.165, 1.54) is 4.90 Å². The van der Waals surface area contributed by atoms with Crippen molar-refractivity contribution >= 4 is 40.3 Å². The maximum absolute atomic E-state index is 12.4. The van der Waals surface area contributed by atoms with Crippen LogP contribution in [0.25, 0.3) is 0 Å². The molecule has 0 bridgehead atoms. The molecule has 3 rings (SSSR count). The van der Waals surface area contributed by atoms with Crippen LogP contribution in [0.2, 0.25) is 0 Å². The summed E-state index contributed by atoms with van der Waals surface area (Å²) in [5.41, 5.74) is 1.94. The molecule has 0 spiro atoms. The first kappa shape index (κ1) is 19.9. The first-order valence-corrected chi connectivity index (χ1v) is 10.1. The van der Waals surface area contributed by atoms with Gasteiger partial charge in [-0.3, -0.25) is 19.3 Å². The second-order valence-corrected chi connectivity index (χ2v) is 7.19. The van der Waals surface area contributed by atoms with Gasteiger partial charge in [0.15, 0.2) is 0 Å². The van der Waals surface area contributed by atoms with Gasteiger partial charge in [-0.05, 0) is 43.7 Å². The summed E-state index contributed by atoms with van der Waals surface area (Å²) in [6.07, 6.45) is 1.57. The number of anilines is 2. The van der Waals surface area contributed by atoms with Crippen LogP contribution >= 0.6 is 11.8 Å². The SMILES string of the molecule is CCN(CC)c1ccc(C(=O)Nc2ccc(CN3C(=O)CSC3=O)cc2)cn1. The third-order valence-corrected chi connectivity index (χ3v) is 5.35. The fourth-order valence-electron chi connectivity index (χ4n) is 2.87. The normalized spacial score (nSPS) is 13.7. The second kappa shape index (κ2) is 8.88. The number of carbonyl (C=O) groups excluding carboxylic acids is 3. The van der Waals surface area contributed by atoms with Crippen LogP contribution in [0, 0.1) is 0 Å². The molecule has 8 heteroatoms. The highest BCUT2D eigenvalue weighted by atomic mass is 32.2. The quantitative estimate of drug-likeness (QED) is 0.770. The number of rotatable bonds is 7. The molecule has 2 aromatic rings. The Kier molecular flexibility index (Phi) is 6.30. The molecule has 1 aliphatic rings. The molecule has 146 valence electrons. The van der Waals surface area contributed by atoms with Gasteiger partial charge in [0.2, 0.25) is 5.91 Å². The number of pyridine rings is 1. The van der Waals surface area contributed by atoms with E-state index in [9.17, 15) is 14.4 Å². The van der Waals surface area contributed by atoms with Crippen molar-refractivity contribution in [2.24, 2.45) is 0 Å². The number of nitrogens with zero attached hydrogens (tertiary/aromatic N) is 3. The predicted molar refractivity (Wildman–Crippen MR) is 111 cm³/mol. The average Bonchev–Trinajstić information content (AvgIpc) is 3.03. The van der Waals surface area contributed by atoms with Crippen LogP contribution < -0.4 is 10.2 Å². The summed E-state index contributed by atoms with van der Waals surface area (Å²) < 4.78 is 0. The summed E-state index contributed by atoms with van der Waals surface area (Å²) in [6.45, 7) is 6.08. The molecule has 3 amide bonds. The summed E-state index contributed by atoms with van der Waals surface area (Å²) in [7, 11) is 0. The molecule has 1 aromatic heterocycles. The largest absolute Gasteiger partial charge is 0.357 e. The molecule has 0 atom stereocenters. The van der Waals surface area contributed by atoms with Gasteiger partial charge in [-0.2, -0.15) is 0 Å². The van der Waals surface area contributed by atoms with Crippen LogP contribution in [0.15, 0.2) is 42.6 Å². The molecule has 0 unspecified atom stereocenters. The van der Waals surface area contributed by atoms with Crippen LogP contribution in [0.3, 0.4) is 0 Å². The molecule has 0 aliphatic carbocycles. The van der Waals surface area contributed by atoms with Crippen molar-refractivity contribution in [2.75, 3.05) is 29.1 Å². The lowest BCUT2D eigenvalue weighted by atomic mass is 10.2. The van der Waals surface area contributed by atoms with Crippen LogP contribution in [-0.2, 0) is 11.3 Å². The first-order valence-electron chi connectivity index (χ1n) is 9.10. The minimum atomic E-state index is -0.243. The fraction of sp³-hybridized carbons (Fsp3) is 0.300. The molecule has 0 radical (unpaired) electrons. The lowest BCUT2D eigenvalue weighted by molar-refractivity contribution is -0.125. The highest BCUT2D eigenvalue weighted by Gasteiger charge is 2.29. The Bertz CT molecular complexity index is 848. The Morgan fingerprint density at radius 3 is 2.39 bits per heavy atom. The van der Waals surface area contributed by atoms with Gasteiger partial charge in [-0.1, -0.05) is 23.9 Å². The molecule has 1 N–H and O–H groups in total. The van der Waals surface area contributed by atoms with Gasteiger partial charge in [-0.15, -0.1) is 0 Å². The zero-order chi connectivity index (χ0) is 20.1. The van der Waals surface area contributed by atoms with E-state index < -0.39 is 0 Å². The van der Waals surface area contributed by atoms with Crippen molar-refractivity contribution in [3.8, 4) is 0 Å². The molecule has 0 saturated carbocycles. The van der Waals surface area contributed by atoms with Gasteiger partial charge >= 0.3 is 0 Å². The molecular weight excluding hydrogens is 376 g/mol. The smallest absolute Gasteiger partial charge is 0.289 e. The summed E-state index contributed by atoms with van der Waals surface area (Å²) >= 11 is 1.02. The van der Waals surface area contributed by atoms with Crippen LogP contribution in [-0.4, -0.2) is 45.8 Å². The summed E-state index contributed by atoms with van der Waals surface area (Å²) in [4.78, 5) is 43.5. The van der Waals surface area contributed by atoms with E-state index >= 15 is 0 Å². The zero-order valence-electron chi connectivity index (χ0n) is 15.8. The number of benzene rings is 1. The molecule has 1 aliphatic heterocycles. The minimum absolute atomic E-state index is 0.173. The van der Waals surface area contributed by atoms with Gasteiger partial charge in [0, 0.05) is 25.0 Å². The van der Waals surface area contributed by atoms with Crippen molar-refractivity contribution in [1.82, 2.24) is 9.88 Å². The van der Waals surface area contributed by atoms with E-state index in [0.717, 1.165) is 36.2 Å². The van der Waals surface area contributed by atoms with Crippen LogP contribution in [0.1, 0.15) is 29.8 Å².